The molecule has 3 nitrogen and oxygen atoms in total. The highest BCUT2D eigenvalue weighted by atomic mass is 19.1. The van der Waals surface area contributed by atoms with Crippen LogP contribution in [0.25, 0.3) is 0 Å². The molecule has 5 heteroatoms. The number of nitrogens with one attached hydrogen (secondary N) is 1. The number of aromatic nitrogens is 2. The highest BCUT2D eigenvalue weighted by Crippen LogP contribution is 2.31. The van der Waals surface area contributed by atoms with Gasteiger partial charge in [-0.2, -0.15) is 0 Å². The van der Waals surface area contributed by atoms with Crippen LogP contribution in [0, 0.1) is 11.6 Å². The molecule has 112 valence electrons. The third kappa shape index (κ3) is 3.40. The van der Waals surface area contributed by atoms with Crippen LogP contribution in [0.2, 0.25) is 0 Å². The van der Waals surface area contributed by atoms with Gasteiger partial charge in [-0.05, 0) is 37.0 Å². The number of imidazole rings is 1. The first kappa shape index (κ1) is 14.0. The summed E-state index contributed by atoms with van der Waals surface area (Å²) < 4.78 is 28.4. The zero-order valence-electron chi connectivity index (χ0n) is 11.9. The lowest BCUT2D eigenvalue weighted by Gasteiger charge is -2.15. The normalized spacial score (nSPS) is 15.5. The van der Waals surface area contributed by atoms with Crippen molar-refractivity contribution < 1.29 is 8.78 Å². The van der Waals surface area contributed by atoms with Gasteiger partial charge in [0.05, 0.1) is 0 Å². The van der Waals surface area contributed by atoms with E-state index >= 15 is 0 Å². The topological polar surface area (TPSA) is 29.9 Å². The summed E-state index contributed by atoms with van der Waals surface area (Å²) in [7, 11) is 0. The van der Waals surface area contributed by atoms with Crippen molar-refractivity contribution in [1.29, 1.82) is 0 Å². The Labute approximate surface area is 123 Å². The third-order valence-corrected chi connectivity index (χ3v) is 4.01. The molecule has 3 rings (SSSR count). The molecule has 1 aromatic carbocycles. The molecule has 0 amide bonds. The van der Waals surface area contributed by atoms with E-state index in [1.54, 1.807) is 6.20 Å². The van der Waals surface area contributed by atoms with E-state index in [0.717, 1.165) is 12.0 Å². The molecule has 1 N–H and O–H groups in total. The number of nitrogens with zero attached hydrogens (tertiary/aromatic N) is 2. The lowest BCUT2D eigenvalue weighted by molar-refractivity contribution is 0.523. The zero-order valence-corrected chi connectivity index (χ0v) is 11.9. The van der Waals surface area contributed by atoms with Crippen LogP contribution in [0.4, 0.5) is 14.7 Å². The van der Waals surface area contributed by atoms with Crippen molar-refractivity contribution in [3.63, 3.8) is 0 Å². The molecule has 0 bridgehead atoms. The highest BCUT2D eigenvalue weighted by Gasteiger charge is 2.18. The van der Waals surface area contributed by atoms with E-state index in [1.807, 2.05) is 6.20 Å². The monoisotopic (exact) mass is 291 g/mol. The molecule has 1 aromatic heterocycles. The Kier molecular flexibility index (Phi) is 4.18. The Bertz CT molecular complexity index is 583. The number of hydrogen-bond acceptors (Lipinski definition) is 2. The molecule has 0 saturated heterocycles. The molecule has 0 unspecified atom stereocenters. The predicted molar refractivity (Wildman–Crippen MR) is 78.3 cm³/mol. The first-order chi connectivity index (χ1) is 10.2. The van der Waals surface area contributed by atoms with Gasteiger partial charge in [0.25, 0.3) is 0 Å². The summed E-state index contributed by atoms with van der Waals surface area (Å²) in [6, 6.07) is 4.16. The van der Waals surface area contributed by atoms with Gasteiger partial charge in [-0.25, -0.2) is 13.8 Å². The summed E-state index contributed by atoms with van der Waals surface area (Å²) in [5, 5.41) is 3.26. The average Bonchev–Trinajstić information content (AvgIpc) is 3.07. The molecule has 0 radical (unpaired) electrons. The van der Waals surface area contributed by atoms with Crippen molar-refractivity contribution in [1.82, 2.24) is 9.55 Å². The van der Waals surface area contributed by atoms with Gasteiger partial charge in [0, 0.05) is 31.0 Å². The second-order valence-corrected chi connectivity index (χ2v) is 5.55. The Morgan fingerprint density at radius 1 is 1.14 bits per heavy atom. The van der Waals surface area contributed by atoms with E-state index in [4.69, 9.17) is 0 Å². The summed E-state index contributed by atoms with van der Waals surface area (Å²) in [6.45, 7) is 0.604. The van der Waals surface area contributed by atoms with Gasteiger partial charge in [0.2, 0.25) is 5.95 Å². The fraction of sp³-hybridized carbons (Fsp3) is 0.438. The van der Waals surface area contributed by atoms with Crippen molar-refractivity contribution >= 4 is 5.95 Å². The molecule has 0 aliphatic heterocycles. The number of hydrogen-bond donors (Lipinski definition) is 1. The van der Waals surface area contributed by atoms with Crippen molar-refractivity contribution in [2.75, 3.05) is 11.9 Å². The van der Waals surface area contributed by atoms with Crippen LogP contribution in [-0.2, 0) is 6.42 Å². The summed E-state index contributed by atoms with van der Waals surface area (Å²) >= 11 is 0. The van der Waals surface area contributed by atoms with Crippen LogP contribution < -0.4 is 5.32 Å². The zero-order chi connectivity index (χ0) is 14.7. The second kappa shape index (κ2) is 6.24. The molecular weight excluding hydrogens is 272 g/mol. The molecule has 1 saturated carbocycles. The van der Waals surface area contributed by atoms with Crippen LogP contribution >= 0.6 is 0 Å². The number of anilines is 1. The van der Waals surface area contributed by atoms with Gasteiger partial charge in [0.1, 0.15) is 11.6 Å². The average molecular weight is 291 g/mol. The molecule has 0 atom stereocenters. The Balaban J connectivity index is 1.59. The largest absolute Gasteiger partial charge is 0.355 e. The Morgan fingerprint density at radius 3 is 2.57 bits per heavy atom. The van der Waals surface area contributed by atoms with Gasteiger partial charge < -0.3 is 9.88 Å². The van der Waals surface area contributed by atoms with Crippen molar-refractivity contribution in [2.24, 2.45) is 0 Å². The van der Waals surface area contributed by atoms with Crippen LogP contribution in [0.5, 0.6) is 0 Å². The fourth-order valence-corrected chi connectivity index (χ4v) is 3.00. The smallest absolute Gasteiger partial charge is 0.203 e. The van der Waals surface area contributed by atoms with Crippen molar-refractivity contribution in [3.05, 3.63) is 47.8 Å². The van der Waals surface area contributed by atoms with Crippen molar-refractivity contribution in [3.8, 4) is 0 Å². The van der Waals surface area contributed by atoms with Gasteiger partial charge in [-0.3, -0.25) is 0 Å². The number of rotatable bonds is 5. The van der Waals surface area contributed by atoms with E-state index in [9.17, 15) is 8.78 Å². The lowest BCUT2D eigenvalue weighted by atomic mass is 10.1. The van der Waals surface area contributed by atoms with E-state index in [2.05, 4.69) is 14.9 Å². The summed E-state index contributed by atoms with van der Waals surface area (Å²) in [4.78, 5) is 4.33. The van der Waals surface area contributed by atoms with E-state index < -0.39 is 11.6 Å². The minimum atomic E-state index is -0.530. The van der Waals surface area contributed by atoms with Gasteiger partial charge in [0.15, 0.2) is 0 Å². The molecule has 2 aromatic rings. The summed E-state index contributed by atoms with van der Waals surface area (Å²) in [6.07, 6.45) is 9.28. The predicted octanol–water partition coefficient (Wildman–Crippen LogP) is 3.93. The molecule has 21 heavy (non-hydrogen) atoms. The second-order valence-electron chi connectivity index (χ2n) is 5.55. The van der Waals surface area contributed by atoms with Crippen LogP contribution in [0.3, 0.4) is 0 Å². The summed E-state index contributed by atoms with van der Waals surface area (Å²) in [5.41, 5.74) is 0.652. The molecule has 1 heterocycles. The van der Waals surface area contributed by atoms with Crippen LogP contribution in [0.15, 0.2) is 30.6 Å². The quantitative estimate of drug-likeness (QED) is 0.904. The van der Waals surface area contributed by atoms with Crippen LogP contribution in [0.1, 0.15) is 37.3 Å². The highest BCUT2D eigenvalue weighted by molar-refractivity contribution is 5.28. The maximum Gasteiger partial charge on any atom is 0.203 e. The summed E-state index contributed by atoms with van der Waals surface area (Å²) in [5.74, 6) is -0.214. The maximum absolute atomic E-state index is 13.1. The van der Waals surface area contributed by atoms with Gasteiger partial charge >= 0.3 is 0 Å². The van der Waals surface area contributed by atoms with Gasteiger partial charge in [-0.15, -0.1) is 0 Å². The molecule has 0 spiro atoms. The molecule has 1 aliphatic carbocycles. The third-order valence-electron chi connectivity index (χ3n) is 4.01. The molecule has 1 fully saturated rings. The standard InChI is InChI=1S/C16H19F2N3/c17-13-9-12(10-14(18)11-13)5-6-19-16-20-7-8-21(16)15-3-1-2-4-15/h7-11,15H,1-6H2,(H,19,20). The SMILES string of the molecule is Fc1cc(F)cc(CCNc2nccn2C2CCCC2)c1. The number of halogens is 2. The van der Waals surface area contributed by atoms with E-state index in [-0.39, 0.29) is 0 Å². The lowest BCUT2D eigenvalue weighted by Crippen LogP contribution is -2.13. The Hall–Kier alpha value is -1.91. The first-order valence-corrected chi connectivity index (χ1v) is 7.44. The minimum Gasteiger partial charge on any atom is -0.355 e. The van der Waals surface area contributed by atoms with E-state index in [0.29, 0.717) is 24.6 Å². The van der Waals surface area contributed by atoms with E-state index in [1.165, 1.54) is 37.8 Å². The molecule has 1 aliphatic rings. The van der Waals surface area contributed by atoms with Crippen LogP contribution in [-0.4, -0.2) is 16.1 Å². The first-order valence-electron chi connectivity index (χ1n) is 7.44. The minimum absolute atomic E-state index is 0.529. The van der Waals surface area contributed by atoms with Gasteiger partial charge in [-0.1, -0.05) is 12.8 Å². The Morgan fingerprint density at radius 2 is 1.86 bits per heavy atom. The van der Waals surface area contributed by atoms with Crippen molar-refractivity contribution in [2.45, 2.75) is 38.1 Å². The fourth-order valence-electron chi connectivity index (χ4n) is 3.00. The molecular formula is C16H19F2N3. The number of benzene rings is 1. The maximum atomic E-state index is 13.1.